The Bertz CT molecular complexity index is 714. The molecule has 8 heteroatoms. The molecule has 21 heavy (non-hydrogen) atoms. The van der Waals surface area contributed by atoms with Gasteiger partial charge in [-0.25, -0.2) is 0 Å². The van der Waals surface area contributed by atoms with Crippen LogP contribution in [0.1, 0.15) is 10.4 Å². The van der Waals surface area contributed by atoms with Gasteiger partial charge in [-0.1, -0.05) is 6.07 Å². The topological polar surface area (TPSA) is 98.3 Å². The maximum atomic E-state index is 12.2. The van der Waals surface area contributed by atoms with Gasteiger partial charge in [0.05, 0.1) is 10.6 Å². The number of nitrogens with one attached hydrogen (secondary N) is 1. The minimum absolute atomic E-state index is 0.0566. The van der Waals surface area contributed by atoms with E-state index in [2.05, 4.69) is 37.2 Å². The number of benzene rings is 2. The van der Waals surface area contributed by atoms with E-state index >= 15 is 0 Å². The van der Waals surface area contributed by atoms with Crippen LogP contribution in [-0.2, 0) is 0 Å². The smallest absolute Gasteiger partial charge is 0.292 e. The fraction of sp³-hybridized carbons (Fsp3) is 0. The third kappa shape index (κ3) is 3.40. The van der Waals surface area contributed by atoms with Crippen molar-refractivity contribution in [1.82, 2.24) is 0 Å². The third-order valence-corrected chi connectivity index (χ3v) is 4.01. The van der Waals surface area contributed by atoms with Gasteiger partial charge in [0.2, 0.25) is 0 Å². The lowest BCUT2D eigenvalue weighted by molar-refractivity contribution is -0.383. The molecule has 0 atom stereocenters. The highest BCUT2D eigenvalue weighted by Gasteiger charge is 2.16. The van der Waals surface area contributed by atoms with E-state index in [0.29, 0.717) is 14.6 Å². The second kappa shape index (κ2) is 6.23. The summed E-state index contributed by atoms with van der Waals surface area (Å²) >= 11 is 6.67. The molecule has 0 radical (unpaired) electrons. The number of halogens is 2. The number of nitrogens with zero attached hydrogens (tertiary/aromatic N) is 1. The van der Waals surface area contributed by atoms with Crippen molar-refractivity contribution in [2.45, 2.75) is 0 Å². The Morgan fingerprint density at radius 2 is 1.81 bits per heavy atom. The van der Waals surface area contributed by atoms with Crippen LogP contribution in [0.15, 0.2) is 45.3 Å². The Hall–Kier alpha value is -1.93. The maximum absolute atomic E-state index is 12.2. The zero-order chi connectivity index (χ0) is 15.6. The van der Waals surface area contributed by atoms with Gasteiger partial charge in [-0.3, -0.25) is 14.9 Å². The van der Waals surface area contributed by atoms with Crippen LogP contribution in [0, 0.1) is 10.1 Å². The largest absolute Gasteiger partial charge is 0.393 e. The van der Waals surface area contributed by atoms with E-state index in [1.54, 1.807) is 12.1 Å². The minimum atomic E-state index is -0.596. The van der Waals surface area contributed by atoms with E-state index < -0.39 is 10.8 Å². The summed E-state index contributed by atoms with van der Waals surface area (Å²) in [5.74, 6) is -0.413. The van der Waals surface area contributed by atoms with Gasteiger partial charge in [-0.05, 0) is 56.1 Å². The molecular formula is C13H9Br2N3O3. The van der Waals surface area contributed by atoms with E-state index in [1.807, 2.05) is 6.07 Å². The van der Waals surface area contributed by atoms with Gasteiger partial charge in [-0.15, -0.1) is 0 Å². The second-order valence-corrected chi connectivity index (χ2v) is 5.79. The molecule has 0 spiro atoms. The highest BCUT2D eigenvalue weighted by molar-refractivity contribution is 9.11. The molecule has 2 aromatic carbocycles. The number of anilines is 2. The zero-order valence-electron chi connectivity index (χ0n) is 10.5. The number of carbonyl (C=O) groups excluding carboxylic acids is 1. The number of carbonyl (C=O) groups is 1. The van der Waals surface area contributed by atoms with Crippen molar-refractivity contribution in [2.24, 2.45) is 0 Å². The molecule has 0 aliphatic carbocycles. The van der Waals surface area contributed by atoms with Crippen LogP contribution >= 0.6 is 31.9 Å². The molecule has 0 fully saturated rings. The Labute approximate surface area is 136 Å². The monoisotopic (exact) mass is 413 g/mol. The van der Waals surface area contributed by atoms with E-state index in [1.165, 1.54) is 18.2 Å². The van der Waals surface area contributed by atoms with Gasteiger partial charge in [-0.2, -0.15) is 0 Å². The van der Waals surface area contributed by atoms with Crippen molar-refractivity contribution in [3.63, 3.8) is 0 Å². The van der Waals surface area contributed by atoms with Crippen LogP contribution in [0.2, 0.25) is 0 Å². The molecule has 0 bridgehead atoms. The van der Waals surface area contributed by atoms with Crippen molar-refractivity contribution in [1.29, 1.82) is 0 Å². The number of nitrogens with two attached hydrogens (primary N) is 1. The summed E-state index contributed by atoms with van der Waals surface area (Å²) in [5.41, 5.74) is 6.09. The number of nitro benzene ring substituents is 1. The average molecular weight is 415 g/mol. The first-order chi connectivity index (χ1) is 9.90. The first-order valence-corrected chi connectivity index (χ1v) is 7.28. The van der Waals surface area contributed by atoms with Gasteiger partial charge in [0.1, 0.15) is 5.69 Å². The number of nitrogen functional groups attached to an aromatic ring is 1. The van der Waals surface area contributed by atoms with Crippen LogP contribution in [0.25, 0.3) is 0 Å². The number of hydrogen-bond acceptors (Lipinski definition) is 4. The number of hydrogen-bond donors (Lipinski definition) is 2. The van der Waals surface area contributed by atoms with Gasteiger partial charge >= 0.3 is 0 Å². The predicted molar refractivity (Wildman–Crippen MR) is 87.3 cm³/mol. The Morgan fingerprint density at radius 3 is 2.33 bits per heavy atom. The summed E-state index contributed by atoms with van der Waals surface area (Å²) in [5, 5.41) is 13.4. The standard InChI is InChI=1S/C13H9Br2N3O3/c14-8-2-1-3-9(15)12(8)17-13(19)7-4-5-11(18(20)21)10(16)6-7/h1-6H,16H2,(H,17,19). The molecule has 2 rings (SSSR count). The molecule has 0 saturated heterocycles. The van der Waals surface area contributed by atoms with Crippen LogP contribution in [0.3, 0.4) is 0 Å². The summed E-state index contributed by atoms with van der Waals surface area (Å²) in [7, 11) is 0. The van der Waals surface area contributed by atoms with Crippen molar-refractivity contribution in [3.8, 4) is 0 Å². The van der Waals surface area contributed by atoms with E-state index in [0.717, 1.165) is 0 Å². The molecule has 0 saturated carbocycles. The van der Waals surface area contributed by atoms with Crippen LogP contribution in [-0.4, -0.2) is 10.8 Å². The summed E-state index contributed by atoms with van der Waals surface area (Å²) < 4.78 is 1.42. The highest BCUT2D eigenvalue weighted by Crippen LogP contribution is 2.31. The molecular weight excluding hydrogens is 406 g/mol. The van der Waals surface area contributed by atoms with Crippen molar-refractivity contribution < 1.29 is 9.72 Å². The molecule has 0 aliphatic rings. The normalized spacial score (nSPS) is 10.2. The lowest BCUT2D eigenvalue weighted by Gasteiger charge is -2.10. The second-order valence-electron chi connectivity index (χ2n) is 4.08. The average Bonchev–Trinajstić information content (AvgIpc) is 2.42. The summed E-state index contributed by atoms with van der Waals surface area (Å²) in [6, 6.07) is 9.22. The molecule has 1 amide bonds. The maximum Gasteiger partial charge on any atom is 0.292 e. The Balaban J connectivity index is 2.29. The molecule has 0 aromatic heterocycles. The van der Waals surface area contributed by atoms with E-state index in [4.69, 9.17) is 5.73 Å². The van der Waals surface area contributed by atoms with Gasteiger partial charge in [0, 0.05) is 20.6 Å². The fourth-order valence-electron chi connectivity index (χ4n) is 1.66. The number of rotatable bonds is 3. The first-order valence-electron chi connectivity index (χ1n) is 5.69. The first kappa shape index (κ1) is 15.5. The zero-order valence-corrected chi connectivity index (χ0v) is 13.6. The minimum Gasteiger partial charge on any atom is -0.393 e. The fourth-order valence-corrected chi connectivity index (χ4v) is 2.86. The van der Waals surface area contributed by atoms with E-state index in [-0.39, 0.29) is 16.9 Å². The van der Waals surface area contributed by atoms with Crippen LogP contribution in [0.4, 0.5) is 17.1 Å². The quantitative estimate of drug-likeness (QED) is 0.451. The summed E-state index contributed by atoms with van der Waals surface area (Å²) in [6.45, 7) is 0. The number of amides is 1. The SMILES string of the molecule is Nc1cc(C(=O)Nc2c(Br)cccc2Br)ccc1[N+](=O)[O-]. The molecule has 6 nitrogen and oxygen atoms in total. The number of nitro groups is 1. The van der Waals surface area contributed by atoms with Gasteiger partial charge in [0.25, 0.3) is 11.6 Å². The summed E-state index contributed by atoms with van der Waals surface area (Å²) in [4.78, 5) is 22.3. The van der Waals surface area contributed by atoms with Gasteiger partial charge < -0.3 is 11.1 Å². The van der Waals surface area contributed by atoms with Crippen molar-refractivity contribution >= 4 is 54.8 Å². The summed E-state index contributed by atoms with van der Waals surface area (Å²) in [6.07, 6.45) is 0. The molecule has 0 heterocycles. The predicted octanol–water partition coefficient (Wildman–Crippen LogP) is 3.95. The van der Waals surface area contributed by atoms with Crippen molar-refractivity contribution in [3.05, 3.63) is 61.0 Å². The molecule has 3 N–H and O–H groups in total. The Kier molecular flexibility index (Phi) is 4.59. The van der Waals surface area contributed by atoms with Crippen LogP contribution in [0.5, 0.6) is 0 Å². The molecule has 0 unspecified atom stereocenters. The lowest BCUT2D eigenvalue weighted by atomic mass is 10.1. The number of para-hydroxylation sites is 1. The molecule has 0 aliphatic heterocycles. The Morgan fingerprint density at radius 1 is 1.19 bits per heavy atom. The third-order valence-electron chi connectivity index (χ3n) is 2.69. The lowest BCUT2D eigenvalue weighted by Crippen LogP contribution is -2.13. The highest BCUT2D eigenvalue weighted by atomic mass is 79.9. The van der Waals surface area contributed by atoms with Crippen LogP contribution < -0.4 is 11.1 Å². The van der Waals surface area contributed by atoms with Crippen molar-refractivity contribution in [2.75, 3.05) is 11.1 Å². The molecule has 108 valence electrons. The molecule has 2 aromatic rings. The van der Waals surface area contributed by atoms with Gasteiger partial charge in [0.15, 0.2) is 0 Å². The van der Waals surface area contributed by atoms with E-state index in [9.17, 15) is 14.9 Å².